The third kappa shape index (κ3) is 5.85. The standard InChI is InChI=1S/C8H18N2O/c1-6(2)10-8(9)5-7(3)11-4/h6-7H,5H2,1-4H3,(H2,9,10). The van der Waals surface area contributed by atoms with Gasteiger partial charge in [0.15, 0.2) is 0 Å². The van der Waals surface area contributed by atoms with E-state index in [9.17, 15) is 0 Å². The molecule has 0 rings (SSSR count). The predicted octanol–water partition coefficient (Wildman–Crippen LogP) is 1.18. The zero-order chi connectivity index (χ0) is 8.85. The molecule has 0 aromatic rings. The predicted molar refractivity (Wildman–Crippen MR) is 47.8 cm³/mol. The van der Waals surface area contributed by atoms with Crippen molar-refractivity contribution < 1.29 is 4.74 Å². The fourth-order valence-corrected chi connectivity index (χ4v) is 0.762. The number of methoxy groups -OCH3 is 1. The topological polar surface area (TPSA) is 47.6 Å². The van der Waals surface area contributed by atoms with Gasteiger partial charge in [-0.15, -0.1) is 0 Å². The minimum absolute atomic E-state index is 0.164. The Hall–Kier alpha value is -0.570. The van der Waals surface area contributed by atoms with Crippen LogP contribution in [-0.4, -0.2) is 25.1 Å². The fraction of sp³-hybridized carbons (Fsp3) is 0.875. The molecule has 0 fully saturated rings. The highest BCUT2D eigenvalue weighted by Crippen LogP contribution is 1.96. The second kappa shape index (κ2) is 5.13. The molecule has 0 bridgehead atoms. The van der Waals surface area contributed by atoms with Gasteiger partial charge in [-0.1, -0.05) is 0 Å². The maximum atomic E-state index is 5.62. The first-order chi connectivity index (χ1) is 5.06. The maximum Gasteiger partial charge on any atom is 0.0966 e. The number of nitrogens with two attached hydrogens (primary N) is 1. The van der Waals surface area contributed by atoms with Crippen molar-refractivity contribution in [1.82, 2.24) is 0 Å². The highest BCUT2D eigenvalue weighted by molar-refractivity contribution is 5.80. The van der Waals surface area contributed by atoms with Crippen molar-refractivity contribution in [2.45, 2.75) is 39.3 Å². The van der Waals surface area contributed by atoms with Gasteiger partial charge in [-0.2, -0.15) is 0 Å². The third-order valence-electron chi connectivity index (χ3n) is 1.32. The molecular formula is C8H18N2O. The largest absolute Gasteiger partial charge is 0.387 e. The van der Waals surface area contributed by atoms with Crippen LogP contribution in [-0.2, 0) is 4.74 Å². The van der Waals surface area contributed by atoms with Gasteiger partial charge in [0, 0.05) is 19.6 Å². The zero-order valence-electron chi connectivity index (χ0n) is 7.79. The first-order valence-corrected chi connectivity index (χ1v) is 3.91. The smallest absolute Gasteiger partial charge is 0.0966 e. The van der Waals surface area contributed by atoms with Gasteiger partial charge in [-0.3, -0.25) is 4.99 Å². The van der Waals surface area contributed by atoms with Gasteiger partial charge in [0.25, 0.3) is 0 Å². The summed E-state index contributed by atoms with van der Waals surface area (Å²) in [6.45, 7) is 5.98. The molecule has 0 amide bonds. The van der Waals surface area contributed by atoms with E-state index in [0.29, 0.717) is 12.3 Å². The lowest BCUT2D eigenvalue weighted by molar-refractivity contribution is 0.124. The molecule has 0 saturated carbocycles. The Bertz CT molecular complexity index is 132. The molecule has 11 heavy (non-hydrogen) atoms. The summed E-state index contributed by atoms with van der Waals surface area (Å²) in [4.78, 5) is 4.18. The SMILES string of the molecule is COC(C)CC(N)=NC(C)C. The van der Waals surface area contributed by atoms with Crippen molar-refractivity contribution in [3.8, 4) is 0 Å². The molecule has 0 aliphatic carbocycles. The molecule has 0 saturated heterocycles. The number of aliphatic imine (C=N–C) groups is 1. The van der Waals surface area contributed by atoms with Crippen molar-refractivity contribution in [2.75, 3.05) is 7.11 Å². The molecule has 0 spiro atoms. The second-order valence-electron chi connectivity index (χ2n) is 2.96. The monoisotopic (exact) mass is 158 g/mol. The van der Waals surface area contributed by atoms with Gasteiger partial charge >= 0.3 is 0 Å². The van der Waals surface area contributed by atoms with Gasteiger partial charge in [0.05, 0.1) is 11.9 Å². The second-order valence-corrected chi connectivity index (χ2v) is 2.96. The number of rotatable bonds is 4. The van der Waals surface area contributed by atoms with Crippen molar-refractivity contribution in [3.05, 3.63) is 0 Å². The maximum absolute atomic E-state index is 5.62. The molecule has 0 aliphatic heterocycles. The van der Waals surface area contributed by atoms with E-state index >= 15 is 0 Å². The first kappa shape index (κ1) is 10.4. The molecule has 0 heterocycles. The van der Waals surface area contributed by atoms with Gasteiger partial charge in [-0.05, 0) is 20.8 Å². The van der Waals surface area contributed by atoms with E-state index in [2.05, 4.69) is 4.99 Å². The number of hydrogen-bond acceptors (Lipinski definition) is 2. The van der Waals surface area contributed by atoms with Crippen LogP contribution in [0.4, 0.5) is 0 Å². The number of hydrogen-bond donors (Lipinski definition) is 1. The normalized spacial score (nSPS) is 15.5. The average molecular weight is 158 g/mol. The molecule has 66 valence electrons. The molecule has 0 radical (unpaired) electrons. The summed E-state index contributed by atoms with van der Waals surface area (Å²) in [7, 11) is 1.67. The highest BCUT2D eigenvalue weighted by Gasteiger charge is 2.02. The molecule has 0 aliphatic rings. The molecular weight excluding hydrogens is 140 g/mol. The molecule has 1 unspecified atom stereocenters. The van der Waals surface area contributed by atoms with Crippen molar-refractivity contribution in [1.29, 1.82) is 0 Å². The minimum atomic E-state index is 0.164. The first-order valence-electron chi connectivity index (χ1n) is 3.91. The third-order valence-corrected chi connectivity index (χ3v) is 1.32. The van der Waals surface area contributed by atoms with Crippen LogP contribution in [0, 0.1) is 0 Å². The van der Waals surface area contributed by atoms with E-state index in [-0.39, 0.29) is 12.1 Å². The molecule has 3 nitrogen and oxygen atoms in total. The molecule has 0 aromatic heterocycles. The summed E-state index contributed by atoms with van der Waals surface area (Å²) < 4.78 is 5.04. The lowest BCUT2D eigenvalue weighted by Crippen LogP contribution is -2.21. The van der Waals surface area contributed by atoms with Gasteiger partial charge in [0.2, 0.25) is 0 Å². The molecule has 2 N–H and O–H groups in total. The van der Waals surface area contributed by atoms with E-state index in [4.69, 9.17) is 10.5 Å². The Labute approximate surface area is 68.6 Å². The number of ether oxygens (including phenoxy) is 1. The van der Waals surface area contributed by atoms with Gasteiger partial charge < -0.3 is 10.5 Å². The van der Waals surface area contributed by atoms with E-state index in [1.54, 1.807) is 7.11 Å². The molecule has 0 aromatic carbocycles. The summed E-state index contributed by atoms with van der Waals surface area (Å²) in [6.07, 6.45) is 0.881. The lowest BCUT2D eigenvalue weighted by atomic mass is 10.2. The van der Waals surface area contributed by atoms with Crippen LogP contribution in [0.15, 0.2) is 4.99 Å². The summed E-state index contributed by atoms with van der Waals surface area (Å²) in [5.74, 6) is 0.675. The van der Waals surface area contributed by atoms with E-state index in [1.807, 2.05) is 20.8 Å². The van der Waals surface area contributed by atoms with Crippen LogP contribution in [0.2, 0.25) is 0 Å². The van der Waals surface area contributed by atoms with Gasteiger partial charge in [-0.25, -0.2) is 0 Å². The Morgan fingerprint density at radius 2 is 2.00 bits per heavy atom. The summed E-state index contributed by atoms with van der Waals surface area (Å²) in [6, 6.07) is 0.277. The number of nitrogens with zero attached hydrogens (tertiary/aromatic N) is 1. The number of amidine groups is 1. The summed E-state index contributed by atoms with van der Waals surface area (Å²) >= 11 is 0. The Morgan fingerprint density at radius 1 is 1.45 bits per heavy atom. The summed E-state index contributed by atoms with van der Waals surface area (Å²) in [5.41, 5.74) is 5.62. The minimum Gasteiger partial charge on any atom is -0.387 e. The average Bonchev–Trinajstić information content (AvgIpc) is 1.85. The Morgan fingerprint density at radius 3 is 2.36 bits per heavy atom. The van der Waals surface area contributed by atoms with Crippen LogP contribution in [0.3, 0.4) is 0 Å². The highest BCUT2D eigenvalue weighted by atomic mass is 16.5. The lowest BCUT2D eigenvalue weighted by Gasteiger charge is -2.08. The van der Waals surface area contributed by atoms with E-state index < -0.39 is 0 Å². The van der Waals surface area contributed by atoms with E-state index in [0.717, 1.165) is 0 Å². The quantitative estimate of drug-likeness (QED) is 0.493. The summed E-state index contributed by atoms with van der Waals surface area (Å²) in [5, 5.41) is 0. The van der Waals surface area contributed by atoms with Gasteiger partial charge in [0.1, 0.15) is 0 Å². The van der Waals surface area contributed by atoms with Crippen molar-refractivity contribution >= 4 is 5.84 Å². The molecule has 3 heteroatoms. The van der Waals surface area contributed by atoms with Crippen LogP contribution in [0.5, 0.6) is 0 Å². The van der Waals surface area contributed by atoms with Crippen molar-refractivity contribution in [3.63, 3.8) is 0 Å². The van der Waals surface area contributed by atoms with Crippen molar-refractivity contribution in [2.24, 2.45) is 10.7 Å². The fourth-order valence-electron chi connectivity index (χ4n) is 0.762. The van der Waals surface area contributed by atoms with E-state index in [1.165, 1.54) is 0 Å². The molecule has 1 atom stereocenters. The zero-order valence-corrected chi connectivity index (χ0v) is 7.79. The van der Waals surface area contributed by atoms with Crippen LogP contribution >= 0.6 is 0 Å². The van der Waals surface area contributed by atoms with Crippen LogP contribution in [0.1, 0.15) is 27.2 Å². The Kier molecular flexibility index (Phi) is 4.86. The van der Waals surface area contributed by atoms with Crippen LogP contribution in [0.25, 0.3) is 0 Å². The Balaban J connectivity index is 3.76. The van der Waals surface area contributed by atoms with Crippen LogP contribution < -0.4 is 5.73 Å².